The Balaban J connectivity index is 1.92. The SMILES string of the molecule is CC1CC(C)CN(C(=O)NCc2cccc(C(=O)O)c2)C1. The molecule has 2 unspecified atom stereocenters. The number of urea groups is 1. The maximum atomic E-state index is 12.2. The number of hydrogen-bond donors (Lipinski definition) is 2. The molecule has 1 heterocycles. The number of aromatic carboxylic acids is 1. The van der Waals surface area contributed by atoms with Gasteiger partial charge >= 0.3 is 12.0 Å². The molecule has 1 aliphatic heterocycles. The second kappa shape index (κ2) is 6.61. The number of carboxylic acids is 1. The summed E-state index contributed by atoms with van der Waals surface area (Å²) in [6.45, 7) is 6.23. The lowest BCUT2D eigenvalue weighted by atomic mass is 9.92. The van der Waals surface area contributed by atoms with Crippen LogP contribution in [-0.4, -0.2) is 35.1 Å². The minimum atomic E-state index is -0.957. The van der Waals surface area contributed by atoms with Crippen molar-refractivity contribution in [3.05, 3.63) is 35.4 Å². The van der Waals surface area contributed by atoms with Gasteiger partial charge in [0.1, 0.15) is 0 Å². The second-order valence-corrected chi connectivity index (χ2v) is 6.02. The van der Waals surface area contributed by atoms with Gasteiger partial charge in [-0.2, -0.15) is 0 Å². The average Bonchev–Trinajstić information content (AvgIpc) is 2.44. The van der Waals surface area contributed by atoms with Gasteiger partial charge in [0.25, 0.3) is 0 Å². The highest BCUT2D eigenvalue weighted by atomic mass is 16.4. The Morgan fingerprint density at radius 1 is 1.29 bits per heavy atom. The van der Waals surface area contributed by atoms with Gasteiger partial charge < -0.3 is 15.3 Å². The zero-order valence-electron chi connectivity index (χ0n) is 12.5. The molecule has 5 heteroatoms. The summed E-state index contributed by atoms with van der Waals surface area (Å²) in [6, 6.07) is 6.56. The van der Waals surface area contributed by atoms with E-state index in [1.165, 1.54) is 0 Å². The number of likely N-dealkylation sites (tertiary alicyclic amines) is 1. The zero-order chi connectivity index (χ0) is 15.4. The quantitative estimate of drug-likeness (QED) is 0.899. The van der Waals surface area contributed by atoms with Crippen molar-refractivity contribution in [2.75, 3.05) is 13.1 Å². The Bertz CT molecular complexity index is 520. The Morgan fingerprint density at radius 2 is 1.95 bits per heavy atom. The van der Waals surface area contributed by atoms with Gasteiger partial charge in [-0.15, -0.1) is 0 Å². The molecule has 2 amide bonds. The van der Waals surface area contributed by atoms with Crippen LogP contribution in [0.1, 0.15) is 36.2 Å². The van der Waals surface area contributed by atoms with Gasteiger partial charge in [0.05, 0.1) is 5.56 Å². The average molecular weight is 290 g/mol. The molecule has 0 saturated carbocycles. The summed E-state index contributed by atoms with van der Waals surface area (Å²) >= 11 is 0. The van der Waals surface area contributed by atoms with Gasteiger partial charge in [-0.1, -0.05) is 26.0 Å². The van der Waals surface area contributed by atoms with Crippen molar-refractivity contribution in [1.82, 2.24) is 10.2 Å². The summed E-state index contributed by atoms with van der Waals surface area (Å²) in [5, 5.41) is 11.8. The van der Waals surface area contributed by atoms with E-state index in [0.29, 0.717) is 18.4 Å². The lowest BCUT2D eigenvalue weighted by Gasteiger charge is -2.34. The lowest BCUT2D eigenvalue weighted by Crippen LogP contribution is -2.47. The maximum Gasteiger partial charge on any atom is 0.335 e. The highest BCUT2D eigenvalue weighted by Gasteiger charge is 2.25. The van der Waals surface area contributed by atoms with Crippen LogP contribution in [0.4, 0.5) is 4.79 Å². The highest BCUT2D eigenvalue weighted by Crippen LogP contribution is 2.20. The molecule has 2 N–H and O–H groups in total. The van der Waals surface area contributed by atoms with Crippen LogP contribution in [0.15, 0.2) is 24.3 Å². The first-order valence-corrected chi connectivity index (χ1v) is 7.30. The molecule has 1 saturated heterocycles. The van der Waals surface area contributed by atoms with Gasteiger partial charge in [0, 0.05) is 19.6 Å². The minimum absolute atomic E-state index is 0.0749. The molecular weight excluding hydrogens is 268 g/mol. The van der Waals surface area contributed by atoms with Crippen LogP contribution in [0.3, 0.4) is 0 Å². The predicted octanol–water partition coefficient (Wildman–Crippen LogP) is 2.57. The van der Waals surface area contributed by atoms with Gasteiger partial charge in [0.15, 0.2) is 0 Å². The third-order valence-corrected chi connectivity index (χ3v) is 3.77. The Kier molecular flexibility index (Phi) is 4.83. The molecule has 0 spiro atoms. The molecule has 1 aliphatic rings. The van der Waals surface area contributed by atoms with Crippen LogP contribution in [-0.2, 0) is 6.54 Å². The van der Waals surface area contributed by atoms with Gasteiger partial charge in [0.2, 0.25) is 0 Å². The fraction of sp³-hybridized carbons (Fsp3) is 0.500. The Hall–Kier alpha value is -2.04. The monoisotopic (exact) mass is 290 g/mol. The molecule has 114 valence electrons. The first-order chi connectivity index (χ1) is 9.95. The summed E-state index contributed by atoms with van der Waals surface area (Å²) in [6.07, 6.45) is 1.16. The van der Waals surface area contributed by atoms with Crippen LogP contribution in [0, 0.1) is 11.8 Å². The standard InChI is InChI=1S/C16H22N2O3/c1-11-6-12(2)10-18(9-11)16(21)17-8-13-4-3-5-14(7-13)15(19)20/h3-5,7,11-12H,6,8-10H2,1-2H3,(H,17,21)(H,19,20). The van der Waals surface area contributed by atoms with Crippen LogP contribution in [0.5, 0.6) is 0 Å². The number of piperidine rings is 1. The second-order valence-electron chi connectivity index (χ2n) is 6.02. The minimum Gasteiger partial charge on any atom is -0.478 e. The number of nitrogens with zero attached hydrogens (tertiary/aromatic N) is 1. The summed E-state index contributed by atoms with van der Waals surface area (Å²) in [7, 11) is 0. The number of hydrogen-bond acceptors (Lipinski definition) is 2. The van der Waals surface area contributed by atoms with Crippen molar-refractivity contribution < 1.29 is 14.7 Å². The molecule has 1 aromatic carbocycles. The number of amides is 2. The van der Waals surface area contributed by atoms with Crippen molar-refractivity contribution in [3.63, 3.8) is 0 Å². The Morgan fingerprint density at radius 3 is 2.57 bits per heavy atom. The van der Waals surface area contributed by atoms with Crippen LogP contribution in [0.25, 0.3) is 0 Å². The van der Waals surface area contributed by atoms with E-state index in [1.54, 1.807) is 18.2 Å². The normalized spacial score (nSPS) is 21.9. The molecule has 0 aromatic heterocycles. The molecular formula is C16H22N2O3. The fourth-order valence-electron chi connectivity index (χ4n) is 2.93. The lowest BCUT2D eigenvalue weighted by molar-refractivity contribution is 0.0696. The highest BCUT2D eigenvalue weighted by molar-refractivity contribution is 5.87. The largest absolute Gasteiger partial charge is 0.478 e. The number of rotatable bonds is 3. The number of nitrogens with one attached hydrogen (secondary N) is 1. The van der Waals surface area contributed by atoms with E-state index in [-0.39, 0.29) is 11.6 Å². The molecule has 21 heavy (non-hydrogen) atoms. The third-order valence-electron chi connectivity index (χ3n) is 3.77. The Labute approximate surface area is 125 Å². The van der Waals surface area contributed by atoms with Crippen LogP contribution < -0.4 is 5.32 Å². The molecule has 0 bridgehead atoms. The topological polar surface area (TPSA) is 69.6 Å². The summed E-state index contributed by atoms with van der Waals surface area (Å²) in [4.78, 5) is 24.9. The molecule has 0 radical (unpaired) electrons. The van der Waals surface area contributed by atoms with Crippen molar-refractivity contribution in [2.24, 2.45) is 11.8 Å². The summed E-state index contributed by atoms with van der Waals surface area (Å²) in [5.74, 6) is 0.0894. The van der Waals surface area contributed by atoms with E-state index in [4.69, 9.17) is 5.11 Å². The van der Waals surface area contributed by atoms with Crippen molar-refractivity contribution >= 4 is 12.0 Å². The maximum absolute atomic E-state index is 12.2. The number of carboxylic acid groups (broad SMARTS) is 1. The van der Waals surface area contributed by atoms with Crippen molar-refractivity contribution in [1.29, 1.82) is 0 Å². The van der Waals surface area contributed by atoms with E-state index in [2.05, 4.69) is 19.2 Å². The van der Waals surface area contributed by atoms with E-state index < -0.39 is 5.97 Å². The summed E-state index contributed by atoms with van der Waals surface area (Å²) in [5.41, 5.74) is 1.03. The first-order valence-electron chi connectivity index (χ1n) is 7.30. The molecule has 1 aromatic rings. The molecule has 0 aliphatic carbocycles. The molecule has 1 fully saturated rings. The molecule has 5 nitrogen and oxygen atoms in total. The van der Waals surface area contributed by atoms with Crippen LogP contribution >= 0.6 is 0 Å². The molecule has 2 rings (SSSR count). The predicted molar refractivity (Wildman–Crippen MR) is 80.2 cm³/mol. The smallest absolute Gasteiger partial charge is 0.335 e. The summed E-state index contributed by atoms with van der Waals surface area (Å²) < 4.78 is 0. The van der Waals surface area contributed by atoms with Crippen LogP contribution in [0.2, 0.25) is 0 Å². The van der Waals surface area contributed by atoms with Crippen molar-refractivity contribution in [3.8, 4) is 0 Å². The van der Waals surface area contributed by atoms with E-state index in [0.717, 1.165) is 25.1 Å². The first kappa shape index (κ1) is 15.4. The van der Waals surface area contributed by atoms with Crippen molar-refractivity contribution in [2.45, 2.75) is 26.8 Å². The zero-order valence-corrected chi connectivity index (χ0v) is 12.5. The molecule has 2 atom stereocenters. The third kappa shape index (κ3) is 4.21. The van der Waals surface area contributed by atoms with Gasteiger partial charge in [-0.25, -0.2) is 9.59 Å². The number of benzene rings is 1. The van der Waals surface area contributed by atoms with Gasteiger partial charge in [-0.3, -0.25) is 0 Å². The van der Waals surface area contributed by atoms with Gasteiger partial charge in [-0.05, 0) is 36.0 Å². The van der Waals surface area contributed by atoms with E-state index in [1.807, 2.05) is 11.0 Å². The van der Waals surface area contributed by atoms with E-state index in [9.17, 15) is 9.59 Å². The number of carbonyl (C=O) groups excluding carboxylic acids is 1. The number of carbonyl (C=O) groups is 2. The fourth-order valence-corrected chi connectivity index (χ4v) is 2.93. The van der Waals surface area contributed by atoms with E-state index >= 15 is 0 Å².